The number of aryl methyl sites for hydroxylation is 1. The van der Waals surface area contributed by atoms with Crippen LogP contribution in [0.15, 0.2) is 78.9 Å². The average Bonchev–Trinajstić information content (AvgIpc) is 2.90. The van der Waals surface area contributed by atoms with Crippen molar-refractivity contribution in [2.45, 2.75) is 6.92 Å². The molecule has 0 radical (unpaired) electrons. The number of hydrogen-bond donors (Lipinski definition) is 5. The lowest BCUT2D eigenvalue weighted by Gasteiger charge is -2.08. The van der Waals surface area contributed by atoms with Crippen LogP contribution < -0.4 is 4.74 Å². The molecule has 0 aromatic heterocycles. The molecule has 36 heavy (non-hydrogen) atoms. The molecule has 0 saturated carbocycles. The normalized spacial score (nSPS) is 10.2. The Morgan fingerprint density at radius 3 is 1.78 bits per heavy atom. The van der Waals surface area contributed by atoms with Crippen LogP contribution in [0.1, 0.15) is 37.4 Å². The molecular weight excluding hydrogens is 464 g/mol. The first kappa shape index (κ1) is 25.6. The van der Waals surface area contributed by atoms with Crippen LogP contribution in [0.25, 0.3) is 0 Å². The third-order valence-electron chi connectivity index (χ3n) is 5.27. The number of rotatable bonds is 5. The topological polar surface area (TPSA) is 145 Å². The summed E-state index contributed by atoms with van der Waals surface area (Å²) < 4.78 is 4.98. The lowest BCUT2D eigenvalue weighted by atomic mass is 10.0. The molecule has 5 N–H and O–H groups in total. The van der Waals surface area contributed by atoms with Crippen molar-refractivity contribution in [3.8, 4) is 34.5 Å². The van der Waals surface area contributed by atoms with Crippen LogP contribution in [0.3, 0.4) is 0 Å². The molecule has 0 unspecified atom stereocenters. The van der Waals surface area contributed by atoms with Gasteiger partial charge < -0.3 is 30.3 Å². The van der Waals surface area contributed by atoms with Gasteiger partial charge in [-0.25, -0.2) is 0 Å². The molecule has 0 aliphatic carbocycles. The quantitative estimate of drug-likeness (QED) is 0.155. The maximum Gasteiger partial charge on any atom is 0.205 e. The summed E-state index contributed by atoms with van der Waals surface area (Å²) in [6.07, 6.45) is 0. The molecule has 0 saturated heterocycles. The van der Waals surface area contributed by atoms with Crippen molar-refractivity contribution in [2.24, 2.45) is 0 Å². The van der Waals surface area contributed by atoms with E-state index in [1.54, 1.807) is 42.5 Å². The van der Waals surface area contributed by atoms with Crippen molar-refractivity contribution in [3.05, 3.63) is 107 Å². The van der Waals surface area contributed by atoms with Gasteiger partial charge in [0.2, 0.25) is 11.5 Å². The van der Waals surface area contributed by atoms with Crippen molar-refractivity contribution in [3.63, 3.8) is 0 Å². The maximum atomic E-state index is 12.2. The first-order valence-corrected chi connectivity index (χ1v) is 10.7. The van der Waals surface area contributed by atoms with Crippen LogP contribution in [0.4, 0.5) is 0 Å². The van der Waals surface area contributed by atoms with Crippen LogP contribution in [0.5, 0.6) is 34.5 Å². The number of benzene rings is 4. The molecule has 8 nitrogen and oxygen atoms in total. The fourth-order valence-corrected chi connectivity index (χ4v) is 3.24. The number of phenolic OH excluding ortho intramolecular Hbond substituents is 5. The maximum absolute atomic E-state index is 12.2. The largest absolute Gasteiger partial charge is 0.507 e. The lowest BCUT2D eigenvalue weighted by Crippen LogP contribution is -2.01. The van der Waals surface area contributed by atoms with Gasteiger partial charge in [0.05, 0.1) is 18.2 Å². The Labute approximate surface area is 206 Å². The van der Waals surface area contributed by atoms with Crippen molar-refractivity contribution in [1.82, 2.24) is 0 Å². The lowest BCUT2D eigenvalue weighted by molar-refractivity contribution is 0.102. The molecule has 0 aliphatic heterocycles. The molecule has 0 atom stereocenters. The predicted octanol–water partition coefficient (Wildman–Crippen LogP) is 4.68. The summed E-state index contributed by atoms with van der Waals surface area (Å²) in [4.78, 5) is 24.2. The Hall–Kier alpha value is -4.98. The fourth-order valence-electron chi connectivity index (χ4n) is 3.24. The molecule has 8 heteroatoms. The van der Waals surface area contributed by atoms with Crippen LogP contribution in [-0.4, -0.2) is 44.2 Å². The molecule has 0 amide bonds. The van der Waals surface area contributed by atoms with Gasteiger partial charge in [-0.3, -0.25) is 9.59 Å². The second-order valence-electron chi connectivity index (χ2n) is 7.76. The van der Waals surface area contributed by atoms with Gasteiger partial charge in [-0.1, -0.05) is 60.2 Å². The highest BCUT2D eigenvalue weighted by Crippen LogP contribution is 2.44. The molecular formula is C28H24O8. The first-order chi connectivity index (χ1) is 17.1. The van der Waals surface area contributed by atoms with Crippen molar-refractivity contribution in [2.75, 3.05) is 7.11 Å². The van der Waals surface area contributed by atoms with Crippen molar-refractivity contribution < 1.29 is 39.9 Å². The Bertz CT molecular complexity index is 1390. The van der Waals surface area contributed by atoms with Crippen LogP contribution >= 0.6 is 0 Å². The van der Waals surface area contributed by atoms with Gasteiger partial charge in [0.1, 0.15) is 11.5 Å². The van der Waals surface area contributed by atoms with Crippen LogP contribution in [-0.2, 0) is 0 Å². The van der Waals surface area contributed by atoms with E-state index in [9.17, 15) is 35.1 Å². The van der Waals surface area contributed by atoms with E-state index in [1.165, 1.54) is 25.3 Å². The van der Waals surface area contributed by atoms with E-state index in [0.717, 1.165) is 11.6 Å². The number of ketones is 2. The second kappa shape index (κ2) is 11.0. The van der Waals surface area contributed by atoms with E-state index in [4.69, 9.17) is 4.74 Å². The van der Waals surface area contributed by atoms with E-state index in [-0.39, 0.29) is 28.2 Å². The Morgan fingerprint density at radius 2 is 1.19 bits per heavy atom. The van der Waals surface area contributed by atoms with Gasteiger partial charge in [-0.2, -0.15) is 0 Å². The minimum atomic E-state index is -0.922. The number of phenols is 5. The summed E-state index contributed by atoms with van der Waals surface area (Å²) in [5.41, 5.74) is 1.93. The molecule has 0 bridgehead atoms. The minimum Gasteiger partial charge on any atom is -0.507 e. The average molecular weight is 488 g/mol. The zero-order chi connectivity index (χ0) is 26.4. The van der Waals surface area contributed by atoms with Gasteiger partial charge >= 0.3 is 0 Å². The van der Waals surface area contributed by atoms with Crippen molar-refractivity contribution in [1.29, 1.82) is 0 Å². The summed E-state index contributed by atoms with van der Waals surface area (Å²) in [6, 6.07) is 20.9. The molecule has 0 aliphatic rings. The first-order valence-electron chi connectivity index (χ1n) is 10.7. The van der Waals surface area contributed by atoms with E-state index >= 15 is 0 Å². The van der Waals surface area contributed by atoms with E-state index in [2.05, 4.69) is 0 Å². The smallest absolute Gasteiger partial charge is 0.205 e. The fraction of sp³-hybridized carbons (Fsp3) is 0.0714. The number of hydrogen-bond acceptors (Lipinski definition) is 8. The van der Waals surface area contributed by atoms with Gasteiger partial charge in [0.25, 0.3) is 0 Å². The summed E-state index contributed by atoms with van der Waals surface area (Å²) >= 11 is 0. The molecule has 4 aromatic carbocycles. The highest BCUT2D eigenvalue weighted by Gasteiger charge is 2.21. The Kier molecular flexibility index (Phi) is 7.81. The Morgan fingerprint density at radius 1 is 0.611 bits per heavy atom. The SMILES string of the molecule is COc1ccc(C(=O)c2ccc(C)cc2)c(O)c1.O=C(c1ccccc1)c1cc(O)c(O)c(O)c1O. The van der Waals surface area contributed by atoms with Gasteiger partial charge in [-0.05, 0) is 25.1 Å². The molecule has 0 fully saturated rings. The molecule has 4 aromatic rings. The molecule has 4 rings (SSSR count). The minimum absolute atomic E-state index is 0.0695. The molecule has 0 spiro atoms. The summed E-state index contributed by atoms with van der Waals surface area (Å²) in [5, 5.41) is 47.3. The zero-order valence-corrected chi connectivity index (χ0v) is 19.5. The number of ether oxygens (including phenoxy) is 1. The molecule has 0 heterocycles. The number of carbonyl (C=O) groups excluding carboxylic acids is 2. The van der Waals surface area contributed by atoms with E-state index in [0.29, 0.717) is 11.3 Å². The number of aromatic hydroxyl groups is 5. The monoisotopic (exact) mass is 488 g/mol. The summed E-state index contributed by atoms with van der Waals surface area (Å²) in [6.45, 7) is 1.96. The second-order valence-corrected chi connectivity index (χ2v) is 7.76. The van der Waals surface area contributed by atoms with Crippen LogP contribution in [0.2, 0.25) is 0 Å². The molecule has 184 valence electrons. The van der Waals surface area contributed by atoms with E-state index in [1.807, 2.05) is 19.1 Å². The van der Waals surface area contributed by atoms with Crippen molar-refractivity contribution >= 4 is 11.6 Å². The standard InChI is InChI=1S/C15H14O3.C13H10O5/c1-10-3-5-11(6-4-10)15(17)13-8-7-12(18-2)9-14(13)16;14-9-6-8(11(16)13(18)12(9)17)10(15)7-4-2-1-3-5-7/h3-9,16H,1-2H3;1-6,14,16-18H. The van der Waals surface area contributed by atoms with Gasteiger partial charge in [0, 0.05) is 17.2 Å². The van der Waals surface area contributed by atoms with Gasteiger partial charge in [0.15, 0.2) is 23.1 Å². The van der Waals surface area contributed by atoms with Gasteiger partial charge in [-0.15, -0.1) is 0 Å². The Balaban J connectivity index is 0.000000201. The van der Waals surface area contributed by atoms with Crippen LogP contribution in [0, 0.1) is 6.92 Å². The van der Waals surface area contributed by atoms with E-state index < -0.39 is 28.8 Å². The third-order valence-corrected chi connectivity index (χ3v) is 5.27. The number of carbonyl (C=O) groups is 2. The predicted molar refractivity (Wildman–Crippen MR) is 132 cm³/mol. The zero-order valence-electron chi connectivity index (χ0n) is 19.5. The highest BCUT2D eigenvalue weighted by atomic mass is 16.5. The summed E-state index contributed by atoms with van der Waals surface area (Å²) in [7, 11) is 1.51. The summed E-state index contributed by atoms with van der Waals surface area (Å²) in [5.74, 6) is -3.54. The number of methoxy groups -OCH3 is 1. The third kappa shape index (κ3) is 5.56. The highest BCUT2D eigenvalue weighted by molar-refractivity contribution is 6.12.